The van der Waals surface area contributed by atoms with Gasteiger partial charge in [0.1, 0.15) is 11.7 Å². The molecule has 1 amide bonds. The smallest absolute Gasteiger partial charge is 0.221 e. The summed E-state index contributed by atoms with van der Waals surface area (Å²) in [6.07, 6.45) is 6.32. The Morgan fingerprint density at radius 2 is 1.65 bits per heavy atom. The Labute approximate surface area is 226 Å². The van der Waals surface area contributed by atoms with Gasteiger partial charge < -0.3 is 11.6 Å². The second-order valence-corrected chi connectivity index (χ2v) is 8.31. The molecular weight excluding hydrogens is 486 g/mol. The van der Waals surface area contributed by atoms with Crippen molar-refractivity contribution in [1.82, 2.24) is 20.0 Å². The summed E-state index contributed by atoms with van der Waals surface area (Å²) in [5.41, 5.74) is 13.3. The molecule has 0 radical (unpaired) electrons. The Bertz CT molecular complexity index is 1100. The minimum atomic E-state index is 0.303. The van der Waals surface area contributed by atoms with Gasteiger partial charge in [0, 0.05) is 46.8 Å². The van der Waals surface area contributed by atoms with E-state index in [0.717, 1.165) is 53.4 Å². The summed E-state index contributed by atoms with van der Waals surface area (Å²) in [6.45, 7) is 14.1. The molecule has 8 nitrogen and oxygen atoms in total. The maximum absolute atomic E-state index is 9.92. The Kier molecular flexibility index (Phi) is 14.7. The van der Waals surface area contributed by atoms with Gasteiger partial charge in [0.25, 0.3) is 0 Å². The predicted octanol–water partition coefficient (Wildman–Crippen LogP) is 5.57. The van der Waals surface area contributed by atoms with Crippen LogP contribution in [0.25, 0.3) is 17.1 Å². The van der Waals surface area contributed by atoms with E-state index in [1.165, 1.54) is 19.3 Å². The summed E-state index contributed by atoms with van der Waals surface area (Å²) >= 11 is 6.07. The summed E-state index contributed by atoms with van der Waals surface area (Å²) in [6, 6.07) is 13.5. The van der Waals surface area contributed by atoms with Crippen molar-refractivity contribution in [1.29, 1.82) is 0 Å². The number of benzene rings is 2. The number of nitrogens with one attached hydrogen (secondary N) is 1. The van der Waals surface area contributed by atoms with E-state index < -0.39 is 0 Å². The first-order valence-corrected chi connectivity index (χ1v) is 13.2. The zero-order valence-electron chi connectivity index (χ0n) is 23.0. The molecule has 202 valence electrons. The molecule has 5 N–H and O–H groups in total. The molecule has 0 unspecified atom stereocenters. The summed E-state index contributed by atoms with van der Waals surface area (Å²) in [5.74, 6) is 6.40. The first-order chi connectivity index (χ1) is 17.9. The molecule has 2 aromatic carbocycles. The van der Waals surface area contributed by atoms with Crippen molar-refractivity contribution in [3.8, 4) is 17.1 Å². The van der Waals surface area contributed by atoms with Gasteiger partial charge in [0.05, 0.1) is 0 Å². The first kappa shape index (κ1) is 31.7. The number of amides is 1. The number of aromatic nitrogens is 2. The second-order valence-electron chi connectivity index (χ2n) is 7.87. The Hall–Kier alpha value is -3.36. The van der Waals surface area contributed by atoms with Crippen molar-refractivity contribution in [2.75, 3.05) is 13.1 Å². The van der Waals surface area contributed by atoms with E-state index in [9.17, 15) is 4.79 Å². The highest BCUT2D eigenvalue weighted by Crippen LogP contribution is 2.28. The van der Waals surface area contributed by atoms with Crippen molar-refractivity contribution in [3.63, 3.8) is 0 Å². The second kappa shape index (κ2) is 17.2. The maximum atomic E-state index is 9.92. The third-order valence-electron chi connectivity index (χ3n) is 5.52. The third kappa shape index (κ3) is 9.22. The van der Waals surface area contributed by atoms with Crippen LogP contribution in [-0.2, 0) is 4.79 Å². The highest BCUT2D eigenvalue weighted by atomic mass is 35.5. The molecular formula is C28H42ClN7O. The number of hydrogen-bond donors (Lipinski definition) is 3. The Morgan fingerprint density at radius 3 is 2.19 bits per heavy atom. The molecule has 0 aliphatic carbocycles. The standard InChI is InChI=1S/C18H18ClN5.C6H12N2O.2C2H6/c1-11-9-14(19)5-8-16(11)18-22-10-12(2)24(18)15-6-3-13(4-7-15)17(20)23-21;9-6-7-8-4-2-1-3-5-8;2*1-2/h3-10H,21H2,1-2H3,(H2,20,23);6H,1-5H2,(H,7,9);2*1-2H3. The molecule has 1 aliphatic heterocycles. The molecule has 9 heteroatoms. The molecule has 1 aliphatic rings. The van der Waals surface area contributed by atoms with Gasteiger partial charge in [-0.3, -0.25) is 14.8 Å². The number of piperidine rings is 1. The molecule has 0 spiro atoms. The largest absolute Gasteiger partial charge is 0.382 e. The van der Waals surface area contributed by atoms with Crippen LogP contribution in [0.5, 0.6) is 0 Å². The lowest BCUT2D eigenvalue weighted by Crippen LogP contribution is -2.40. The minimum Gasteiger partial charge on any atom is -0.382 e. The number of aryl methyl sites for hydroxylation is 2. The molecule has 1 fully saturated rings. The molecule has 2 heterocycles. The molecule has 3 aromatic rings. The monoisotopic (exact) mass is 527 g/mol. The van der Waals surface area contributed by atoms with Crippen LogP contribution in [0.4, 0.5) is 0 Å². The van der Waals surface area contributed by atoms with Crippen LogP contribution < -0.4 is 17.0 Å². The maximum Gasteiger partial charge on any atom is 0.221 e. The number of hydrogen-bond acceptors (Lipinski definition) is 5. The zero-order valence-corrected chi connectivity index (χ0v) is 23.7. The number of amidine groups is 1. The summed E-state index contributed by atoms with van der Waals surface area (Å²) < 4.78 is 2.09. The molecule has 0 saturated carbocycles. The van der Waals surface area contributed by atoms with Gasteiger partial charge >= 0.3 is 0 Å². The highest BCUT2D eigenvalue weighted by Gasteiger charge is 2.14. The van der Waals surface area contributed by atoms with E-state index in [0.29, 0.717) is 10.9 Å². The van der Waals surface area contributed by atoms with Crippen LogP contribution in [0, 0.1) is 13.8 Å². The van der Waals surface area contributed by atoms with E-state index in [4.69, 9.17) is 23.2 Å². The number of nitrogens with two attached hydrogens (primary N) is 2. The van der Waals surface area contributed by atoms with Crippen LogP contribution in [0.2, 0.25) is 5.02 Å². The molecule has 1 aromatic heterocycles. The van der Waals surface area contributed by atoms with E-state index in [1.807, 2.05) is 95.2 Å². The molecule has 4 rings (SSSR count). The SMILES string of the molecule is CC.CC.Cc1cc(Cl)ccc1-c1ncc(C)n1-c1ccc(/C(N)=N/N)cc1.O=CNN1CCCCC1. The van der Waals surface area contributed by atoms with E-state index >= 15 is 0 Å². The van der Waals surface area contributed by atoms with Crippen LogP contribution in [0.1, 0.15) is 63.8 Å². The number of rotatable bonds is 5. The Balaban J connectivity index is 0.000000440. The van der Waals surface area contributed by atoms with Crippen LogP contribution >= 0.6 is 11.6 Å². The minimum absolute atomic E-state index is 0.303. The number of halogens is 1. The molecule has 37 heavy (non-hydrogen) atoms. The van der Waals surface area contributed by atoms with E-state index in [1.54, 1.807) is 0 Å². The highest BCUT2D eigenvalue weighted by molar-refractivity contribution is 6.30. The van der Waals surface area contributed by atoms with Crippen molar-refractivity contribution in [2.24, 2.45) is 16.7 Å². The normalized spacial score (nSPS) is 13.1. The fraction of sp³-hybridized carbons (Fsp3) is 0.393. The van der Waals surface area contributed by atoms with Crippen molar-refractivity contribution in [2.45, 2.75) is 60.8 Å². The average molecular weight is 528 g/mol. The number of imidazole rings is 1. The quantitative estimate of drug-likeness (QED) is 0.132. The fourth-order valence-corrected chi connectivity index (χ4v) is 4.01. The number of carbonyl (C=O) groups excluding carboxylic acids is 1. The van der Waals surface area contributed by atoms with Crippen LogP contribution in [0.3, 0.4) is 0 Å². The van der Waals surface area contributed by atoms with Gasteiger partial charge in [0.15, 0.2) is 0 Å². The number of hydrazone groups is 1. The van der Waals surface area contributed by atoms with E-state index in [-0.39, 0.29) is 0 Å². The molecule has 0 bridgehead atoms. The number of carbonyl (C=O) groups is 1. The fourth-order valence-electron chi connectivity index (χ4n) is 3.78. The topological polar surface area (TPSA) is 115 Å². The first-order valence-electron chi connectivity index (χ1n) is 12.8. The van der Waals surface area contributed by atoms with Gasteiger partial charge in [-0.2, -0.15) is 5.10 Å². The zero-order chi connectivity index (χ0) is 27.8. The Morgan fingerprint density at radius 1 is 1.03 bits per heavy atom. The lowest BCUT2D eigenvalue weighted by molar-refractivity contribution is -0.114. The van der Waals surface area contributed by atoms with Crippen LogP contribution in [0.15, 0.2) is 53.8 Å². The molecule has 0 atom stereocenters. The lowest BCUT2D eigenvalue weighted by atomic mass is 10.1. The molecule has 1 saturated heterocycles. The summed E-state index contributed by atoms with van der Waals surface area (Å²) in [5, 5.41) is 6.19. The number of hydrazine groups is 1. The predicted molar refractivity (Wildman–Crippen MR) is 156 cm³/mol. The third-order valence-corrected chi connectivity index (χ3v) is 5.75. The van der Waals surface area contributed by atoms with Crippen molar-refractivity contribution < 1.29 is 4.79 Å². The lowest BCUT2D eigenvalue weighted by Gasteiger charge is -2.24. The van der Waals surface area contributed by atoms with E-state index in [2.05, 4.69) is 20.1 Å². The van der Waals surface area contributed by atoms with Crippen LogP contribution in [-0.4, -0.2) is 39.9 Å². The van der Waals surface area contributed by atoms with Gasteiger partial charge in [0.2, 0.25) is 6.41 Å². The van der Waals surface area contributed by atoms with Gasteiger partial charge in [-0.1, -0.05) is 45.7 Å². The van der Waals surface area contributed by atoms with Crippen molar-refractivity contribution in [3.05, 3.63) is 70.5 Å². The van der Waals surface area contributed by atoms with Gasteiger partial charge in [-0.15, -0.1) is 0 Å². The summed E-state index contributed by atoms with van der Waals surface area (Å²) in [7, 11) is 0. The average Bonchev–Trinajstić information content (AvgIpc) is 3.32. The number of nitrogens with zero attached hydrogens (tertiary/aromatic N) is 4. The summed E-state index contributed by atoms with van der Waals surface area (Å²) in [4.78, 5) is 14.5. The van der Waals surface area contributed by atoms with Gasteiger partial charge in [-0.05, 0) is 74.7 Å². The van der Waals surface area contributed by atoms with Gasteiger partial charge in [-0.25, -0.2) is 9.99 Å². The van der Waals surface area contributed by atoms with Crippen molar-refractivity contribution >= 4 is 23.8 Å².